The van der Waals surface area contributed by atoms with Crippen molar-refractivity contribution in [3.8, 4) is 0 Å². The number of carbonyl (C=O) groups is 3. The molecule has 2 atom stereocenters. The van der Waals surface area contributed by atoms with Crippen LogP contribution >= 0.6 is 0 Å². The highest BCUT2D eigenvalue weighted by Crippen LogP contribution is 2.24. The normalized spacial score (nSPS) is 15.2. The lowest BCUT2D eigenvalue weighted by Crippen LogP contribution is -2.58. The van der Waals surface area contributed by atoms with Crippen molar-refractivity contribution >= 4 is 17.9 Å². The number of carboxylic acid groups (broad SMARTS) is 3. The molecule has 12 nitrogen and oxygen atoms in total. The molecule has 12 heteroatoms. The quantitative estimate of drug-likeness (QED) is 0.226. The van der Waals surface area contributed by atoms with E-state index in [9.17, 15) is 24.5 Å². The Hall–Kier alpha value is -2.47. The van der Waals surface area contributed by atoms with Crippen molar-refractivity contribution in [3.63, 3.8) is 0 Å². The first kappa shape index (κ1) is 15.5. The Labute approximate surface area is 97.0 Å². The summed E-state index contributed by atoms with van der Waals surface area (Å²) < 4.78 is 0. The second-order valence-corrected chi connectivity index (χ2v) is 2.90. The van der Waals surface area contributed by atoms with Gasteiger partial charge in [-0.2, -0.15) is 0 Å². The molecule has 2 unspecified atom stereocenters. The zero-order valence-electron chi connectivity index (χ0n) is 8.38. The van der Waals surface area contributed by atoms with Gasteiger partial charge in [0.15, 0.2) is 0 Å². The highest BCUT2D eigenvalue weighted by Gasteiger charge is 2.57. The fraction of sp³-hybridized carbons (Fsp3) is 0.500. The van der Waals surface area contributed by atoms with E-state index < -0.39 is 41.1 Å². The Bertz CT molecular complexity index is 360. The molecule has 0 spiro atoms. The molecule has 4 N–H and O–H groups in total. The summed E-state index contributed by atoms with van der Waals surface area (Å²) in [4.78, 5) is 48.9. The van der Waals surface area contributed by atoms with E-state index in [1.54, 1.807) is 0 Å². The first-order valence-electron chi connectivity index (χ1n) is 3.99. The van der Waals surface area contributed by atoms with E-state index in [2.05, 4.69) is 9.73 Å². The third kappa shape index (κ3) is 3.26. The maximum absolute atomic E-state index is 10.8. The SMILES string of the molecule is O=C(O)CC(O[N+](=O)[O-])(C(=O)O)C(OO)C(=O)O. The van der Waals surface area contributed by atoms with Crippen LogP contribution in [0.1, 0.15) is 6.42 Å². The molecule has 0 aliphatic heterocycles. The first-order valence-corrected chi connectivity index (χ1v) is 3.99. The molecule has 0 saturated heterocycles. The Morgan fingerprint density at radius 3 is 2.00 bits per heavy atom. The average molecular weight is 269 g/mol. The van der Waals surface area contributed by atoms with Crippen LogP contribution < -0.4 is 0 Å². The van der Waals surface area contributed by atoms with Gasteiger partial charge in [-0.25, -0.2) is 14.5 Å². The molecule has 0 radical (unpaired) electrons. The van der Waals surface area contributed by atoms with E-state index in [-0.39, 0.29) is 0 Å². The van der Waals surface area contributed by atoms with Gasteiger partial charge in [0.05, 0.1) is 6.42 Å². The molecule has 0 aromatic carbocycles. The predicted molar refractivity (Wildman–Crippen MR) is 45.8 cm³/mol. The minimum atomic E-state index is -3.42. The van der Waals surface area contributed by atoms with Crippen LogP contribution in [-0.2, 0) is 24.1 Å². The first-order chi connectivity index (χ1) is 8.17. The van der Waals surface area contributed by atoms with Crippen LogP contribution in [0.5, 0.6) is 0 Å². The molecule has 0 aliphatic carbocycles. The molecule has 18 heavy (non-hydrogen) atoms. The van der Waals surface area contributed by atoms with E-state index >= 15 is 0 Å². The van der Waals surface area contributed by atoms with Crippen LogP contribution in [-0.4, -0.2) is 55.3 Å². The summed E-state index contributed by atoms with van der Waals surface area (Å²) >= 11 is 0. The largest absolute Gasteiger partial charge is 0.481 e. The Morgan fingerprint density at radius 2 is 1.78 bits per heavy atom. The second-order valence-electron chi connectivity index (χ2n) is 2.90. The van der Waals surface area contributed by atoms with E-state index in [0.717, 1.165) is 0 Å². The summed E-state index contributed by atoms with van der Waals surface area (Å²) in [5.41, 5.74) is -3.42. The number of rotatable bonds is 8. The van der Waals surface area contributed by atoms with Crippen LogP contribution in [0.15, 0.2) is 0 Å². The van der Waals surface area contributed by atoms with Gasteiger partial charge >= 0.3 is 17.9 Å². The molecule has 0 amide bonds. The van der Waals surface area contributed by atoms with E-state index in [0.29, 0.717) is 0 Å². The summed E-state index contributed by atoms with van der Waals surface area (Å²) in [6.45, 7) is 0. The predicted octanol–water partition coefficient (Wildman–Crippen LogP) is -1.56. The van der Waals surface area contributed by atoms with E-state index in [1.165, 1.54) is 0 Å². The third-order valence-electron chi connectivity index (χ3n) is 1.77. The van der Waals surface area contributed by atoms with Crippen molar-refractivity contribution in [1.29, 1.82) is 0 Å². The number of hydrogen-bond donors (Lipinski definition) is 4. The lowest BCUT2D eigenvalue weighted by Gasteiger charge is -2.28. The van der Waals surface area contributed by atoms with Crippen molar-refractivity contribution < 1.29 is 49.8 Å². The molecular formula is C6H7NO11. The lowest BCUT2D eigenvalue weighted by molar-refractivity contribution is -0.779. The summed E-state index contributed by atoms with van der Waals surface area (Å²) in [5, 5.41) is 42.4. The van der Waals surface area contributed by atoms with Gasteiger partial charge in [-0.05, 0) is 0 Å². The monoisotopic (exact) mass is 269 g/mol. The summed E-state index contributed by atoms with van der Waals surface area (Å²) in [5.74, 6) is -6.38. The zero-order valence-corrected chi connectivity index (χ0v) is 8.38. The molecular weight excluding hydrogens is 262 g/mol. The smallest absolute Gasteiger partial charge is 0.340 e. The molecule has 0 bridgehead atoms. The molecule has 0 aromatic heterocycles. The van der Waals surface area contributed by atoms with E-state index in [4.69, 9.17) is 20.6 Å². The van der Waals surface area contributed by atoms with Crippen molar-refractivity contribution in [2.24, 2.45) is 0 Å². The molecule has 0 saturated carbocycles. The number of hydrogen-bond acceptors (Lipinski definition) is 8. The summed E-state index contributed by atoms with van der Waals surface area (Å²) in [6, 6.07) is 0. The van der Waals surface area contributed by atoms with Crippen molar-refractivity contribution in [2.75, 3.05) is 0 Å². The van der Waals surface area contributed by atoms with Crippen molar-refractivity contribution in [1.82, 2.24) is 0 Å². The van der Waals surface area contributed by atoms with Crippen molar-refractivity contribution in [3.05, 3.63) is 10.1 Å². The number of carboxylic acids is 3. The third-order valence-corrected chi connectivity index (χ3v) is 1.77. The fourth-order valence-corrected chi connectivity index (χ4v) is 1.09. The van der Waals surface area contributed by atoms with Gasteiger partial charge in [0.25, 0.3) is 10.7 Å². The van der Waals surface area contributed by atoms with Crippen molar-refractivity contribution in [2.45, 2.75) is 18.1 Å². The summed E-state index contributed by atoms with van der Waals surface area (Å²) in [7, 11) is 0. The zero-order chi connectivity index (χ0) is 14.5. The average Bonchev–Trinajstić information content (AvgIpc) is 2.14. The standard InChI is InChI=1S/C6H7NO11/c8-2(9)1-6(5(12)13,18-7(14)15)3(17-16)4(10)11/h3,16H,1H2,(H,8,9)(H,10,11)(H,12,13). The Morgan fingerprint density at radius 1 is 1.28 bits per heavy atom. The highest BCUT2D eigenvalue weighted by atomic mass is 17.1. The Kier molecular flexibility index (Phi) is 4.95. The van der Waals surface area contributed by atoms with Gasteiger partial charge in [0.1, 0.15) is 0 Å². The highest BCUT2D eigenvalue weighted by molar-refractivity contribution is 5.91. The topological polar surface area (TPSA) is 194 Å². The maximum Gasteiger partial charge on any atom is 0.340 e. The number of nitrogens with zero attached hydrogens (tertiary/aromatic N) is 1. The molecule has 0 aliphatic rings. The Balaban J connectivity index is 5.70. The van der Waals surface area contributed by atoms with Crippen LogP contribution in [0.25, 0.3) is 0 Å². The number of aliphatic carboxylic acids is 3. The van der Waals surface area contributed by atoms with Gasteiger partial charge in [0, 0.05) is 0 Å². The molecule has 102 valence electrons. The van der Waals surface area contributed by atoms with Crippen LogP contribution in [0.4, 0.5) is 0 Å². The van der Waals surface area contributed by atoms with Crippen LogP contribution in [0.2, 0.25) is 0 Å². The van der Waals surface area contributed by atoms with Gasteiger partial charge in [-0.1, -0.05) is 0 Å². The van der Waals surface area contributed by atoms with E-state index in [1.807, 2.05) is 0 Å². The van der Waals surface area contributed by atoms with Gasteiger partial charge < -0.3 is 15.3 Å². The molecule has 0 fully saturated rings. The lowest BCUT2D eigenvalue weighted by atomic mass is 9.92. The van der Waals surface area contributed by atoms with Gasteiger partial charge in [0.2, 0.25) is 6.10 Å². The van der Waals surface area contributed by atoms with Gasteiger partial charge in [-0.3, -0.25) is 14.9 Å². The second kappa shape index (κ2) is 5.74. The minimum absolute atomic E-state index is 1.62. The fourth-order valence-electron chi connectivity index (χ4n) is 1.09. The molecule has 0 heterocycles. The molecule has 0 rings (SSSR count). The maximum atomic E-state index is 10.8. The van der Waals surface area contributed by atoms with Gasteiger partial charge in [-0.15, -0.1) is 10.1 Å². The molecule has 0 aromatic rings. The minimum Gasteiger partial charge on any atom is -0.481 e. The van der Waals surface area contributed by atoms with Crippen LogP contribution in [0, 0.1) is 10.1 Å². The van der Waals surface area contributed by atoms with Crippen LogP contribution in [0.3, 0.4) is 0 Å². The summed E-state index contributed by atoms with van der Waals surface area (Å²) in [6.07, 6.45) is -4.43.